The maximum Gasteiger partial charge on any atom is 0.249 e. The van der Waals surface area contributed by atoms with Crippen molar-refractivity contribution >= 4 is 11.8 Å². The van der Waals surface area contributed by atoms with Gasteiger partial charge in [0.2, 0.25) is 11.8 Å². The minimum Gasteiger partial charge on any atom is -0.338 e. The Labute approximate surface area is 83.1 Å². The largest absolute Gasteiger partial charge is 0.338 e. The zero-order valence-electron chi connectivity index (χ0n) is 8.50. The van der Waals surface area contributed by atoms with Crippen LogP contribution in [0.25, 0.3) is 0 Å². The molecule has 0 radical (unpaired) electrons. The van der Waals surface area contributed by atoms with Gasteiger partial charge in [-0.05, 0) is 6.42 Å². The van der Waals surface area contributed by atoms with E-state index in [0.29, 0.717) is 0 Å². The Morgan fingerprint density at radius 2 is 2.07 bits per heavy atom. The minimum atomic E-state index is -0.364. The number of carbonyl (C=O) groups excluding carboxylic acids is 2. The van der Waals surface area contributed by atoms with Crippen LogP contribution in [0, 0.1) is 5.92 Å². The number of carbonyl (C=O) groups is 2. The highest BCUT2D eigenvalue weighted by molar-refractivity contribution is 5.80. The topological polar surface area (TPSA) is 93.5 Å². The summed E-state index contributed by atoms with van der Waals surface area (Å²) >= 11 is 0. The Morgan fingerprint density at radius 1 is 1.43 bits per heavy atom. The molecule has 6 heteroatoms. The Balaban J connectivity index is 3.54. The van der Waals surface area contributed by atoms with Crippen LogP contribution in [0.5, 0.6) is 0 Å². The van der Waals surface area contributed by atoms with Gasteiger partial charge in [0.15, 0.2) is 0 Å². The van der Waals surface area contributed by atoms with Gasteiger partial charge in [-0.25, -0.2) is 5.90 Å². The third-order valence-electron chi connectivity index (χ3n) is 1.82. The summed E-state index contributed by atoms with van der Waals surface area (Å²) in [5.74, 6) is 4.19. The van der Waals surface area contributed by atoms with Crippen molar-refractivity contribution < 1.29 is 14.4 Å². The number of nitrogens with two attached hydrogens (primary N) is 1. The van der Waals surface area contributed by atoms with Crippen LogP contribution in [0.2, 0.25) is 0 Å². The van der Waals surface area contributed by atoms with Crippen LogP contribution in [0.3, 0.4) is 0 Å². The van der Waals surface area contributed by atoms with Gasteiger partial charge in [0.25, 0.3) is 0 Å². The molecule has 0 heterocycles. The fourth-order valence-corrected chi connectivity index (χ4v) is 0.716. The van der Waals surface area contributed by atoms with Gasteiger partial charge in [0.05, 0.1) is 6.67 Å². The molecule has 0 aliphatic carbocycles. The van der Waals surface area contributed by atoms with Gasteiger partial charge in [-0.15, -0.1) is 0 Å². The van der Waals surface area contributed by atoms with E-state index in [9.17, 15) is 9.59 Å². The number of hydrogen-bond acceptors (Lipinski definition) is 4. The summed E-state index contributed by atoms with van der Waals surface area (Å²) < 4.78 is 0. The van der Waals surface area contributed by atoms with Crippen LogP contribution in [0.4, 0.5) is 0 Å². The van der Waals surface area contributed by atoms with Crippen molar-refractivity contribution in [2.45, 2.75) is 20.3 Å². The van der Waals surface area contributed by atoms with Gasteiger partial charge in [-0.1, -0.05) is 13.8 Å². The molecular weight excluding hydrogens is 186 g/mol. The predicted octanol–water partition coefficient (Wildman–Crippen LogP) is -0.887. The van der Waals surface area contributed by atoms with Crippen molar-refractivity contribution in [1.82, 2.24) is 10.6 Å². The minimum absolute atomic E-state index is 0.0438. The van der Waals surface area contributed by atoms with Crippen LogP contribution < -0.4 is 16.5 Å². The van der Waals surface area contributed by atoms with Gasteiger partial charge in [0, 0.05) is 5.92 Å². The first kappa shape index (κ1) is 12.9. The van der Waals surface area contributed by atoms with Gasteiger partial charge >= 0.3 is 0 Å². The fourth-order valence-electron chi connectivity index (χ4n) is 0.716. The second kappa shape index (κ2) is 7.28. The number of rotatable bonds is 6. The fraction of sp³-hybridized carbons (Fsp3) is 0.750. The molecule has 0 bridgehead atoms. The first-order valence-corrected chi connectivity index (χ1v) is 4.47. The predicted molar refractivity (Wildman–Crippen MR) is 50.7 cm³/mol. The van der Waals surface area contributed by atoms with E-state index in [0.717, 1.165) is 6.42 Å². The Morgan fingerprint density at radius 3 is 2.57 bits per heavy atom. The monoisotopic (exact) mass is 203 g/mol. The summed E-state index contributed by atoms with van der Waals surface area (Å²) in [6, 6.07) is 0. The molecule has 0 aromatic carbocycles. The molecule has 0 fully saturated rings. The standard InChI is InChI=1S/C8H17N3O3/c1-3-6(2)8(13)11-5-10-7(12)4-14-9/h6H,3-5,9H2,1-2H3,(H,10,12)(H,11,13). The third-order valence-corrected chi connectivity index (χ3v) is 1.82. The highest BCUT2D eigenvalue weighted by Gasteiger charge is 2.09. The second-order valence-electron chi connectivity index (χ2n) is 2.94. The lowest BCUT2D eigenvalue weighted by Crippen LogP contribution is -2.41. The highest BCUT2D eigenvalue weighted by atomic mass is 16.6. The molecule has 6 nitrogen and oxygen atoms in total. The van der Waals surface area contributed by atoms with Gasteiger partial charge in [-0.3, -0.25) is 14.4 Å². The summed E-state index contributed by atoms with van der Waals surface area (Å²) in [4.78, 5) is 26.1. The molecule has 0 aromatic rings. The Hall–Kier alpha value is -1.14. The van der Waals surface area contributed by atoms with E-state index in [-0.39, 0.29) is 31.0 Å². The number of nitrogens with one attached hydrogen (secondary N) is 2. The zero-order valence-corrected chi connectivity index (χ0v) is 8.50. The van der Waals surface area contributed by atoms with Crippen LogP contribution in [0.1, 0.15) is 20.3 Å². The molecule has 1 unspecified atom stereocenters. The Kier molecular flexibility index (Phi) is 6.69. The van der Waals surface area contributed by atoms with E-state index in [4.69, 9.17) is 0 Å². The summed E-state index contributed by atoms with van der Waals surface area (Å²) in [5, 5.41) is 4.97. The maximum absolute atomic E-state index is 11.2. The zero-order chi connectivity index (χ0) is 11.0. The summed E-state index contributed by atoms with van der Waals surface area (Å²) in [6.45, 7) is 3.63. The van der Waals surface area contributed by atoms with E-state index in [1.54, 1.807) is 0 Å². The maximum atomic E-state index is 11.2. The van der Waals surface area contributed by atoms with E-state index in [1.807, 2.05) is 13.8 Å². The van der Waals surface area contributed by atoms with Crippen LogP contribution >= 0.6 is 0 Å². The molecule has 0 spiro atoms. The SMILES string of the molecule is CCC(C)C(=O)NCNC(=O)CON. The Bertz CT molecular complexity index is 196. The molecule has 0 aromatic heterocycles. The summed E-state index contributed by atoms with van der Waals surface area (Å²) in [7, 11) is 0. The van der Waals surface area contributed by atoms with Gasteiger partial charge < -0.3 is 10.6 Å². The van der Waals surface area contributed by atoms with E-state index >= 15 is 0 Å². The lowest BCUT2D eigenvalue weighted by molar-refractivity contribution is -0.127. The molecule has 14 heavy (non-hydrogen) atoms. The van der Waals surface area contributed by atoms with Crippen molar-refractivity contribution in [1.29, 1.82) is 0 Å². The second-order valence-corrected chi connectivity index (χ2v) is 2.94. The first-order valence-electron chi connectivity index (χ1n) is 4.47. The highest BCUT2D eigenvalue weighted by Crippen LogP contribution is 1.98. The molecule has 82 valence electrons. The lowest BCUT2D eigenvalue weighted by atomic mass is 10.1. The van der Waals surface area contributed by atoms with Gasteiger partial charge in [-0.2, -0.15) is 0 Å². The number of hydrogen-bond donors (Lipinski definition) is 3. The average molecular weight is 203 g/mol. The molecular formula is C8H17N3O3. The first-order chi connectivity index (χ1) is 6.61. The lowest BCUT2D eigenvalue weighted by Gasteiger charge is -2.10. The van der Waals surface area contributed by atoms with Crippen LogP contribution in [-0.2, 0) is 14.4 Å². The molecule has 0 rings (SSSR count). The van der Waals surface area contributed by atoms with Crippen molar-refractivity contribution in [3.05, 3.63) is 0 Å². The van der Waals surface area contributed by atoms with Crippen LogP contribution in [0.15, 0.2) is 0 Å². The molecule has 4 N–H and O–H groups in total. The van der Waals surface area contributed by atoms with Crippen molar-refractivity contribution in [3.63, 3.8) is 0 Å². The third kappa shape index (κ3) is 5.50. The summed E-state index contributed by atoms with van der Waals surface area (Å²) in [6.07, 6.45) is 0.770. The average Bonchev–Trinajstić information content (AvgIpc) is 2.16. The molecule has 1 atom stereocenters. The van der Waals surface area contributed by atoms with Crippen molar-refractivity contribution in [3.8, 4) is 0 Å². The normalized spacial score (nSPS) is 11.9. The van der Waals surface area contributed by atoms with Crippen molar-refractivity contribution in [2.75, 3.05) is 13.3 Å². The number of amides is 2. The van der Waals surface area contributed by atoms with Crippen molar-refractivity contribution in [2.24, 2.45) is 11.8 Å². The molecule has 0 aliphatic rings. The smallest absolute Gasteiger partial charge is 0.249 e. The summed E-state index contributed by atoms with van der Waals surface area (Å²) in [5.41, 5.74) is 0. The van der Waals surface area contributed by atoms with E-state index in [1.165, 1.54) is 0 Å². The molecule has 0 aliphatic heterocycles. The quantitative estimate of drug-likeness (QED) is 0.386. The van der Waals surface area contributed by atoms with Crippen LogP contribution in [-0.4, -0.2) is 25.1 Å². The molecule has 2 amide bonds. The van der Waals surface area contributed by atoms with E-state index in [2.05, 4.69) is 21.4 Å². The van der Waals surface area contributed by atoms with E-state index < -0.39 is 0 Å². The molecule has 0 saturated carbocycles. The van der Waals surface area contributed by atoms with Gasteiger partial charge in [0.1, 0.15) is 6.61 Å². The molecule has 0 saturated heterocycles.